The van der Waals surface area contributed by atoms with Crippen molar-refractivity contribution in [2.75, 3.05) is 4.90 Å². The summed E-state index contributed by atoms with van der Waals surface area (Å²) in [6.45, 7) is 6.20. The van der Waals surface area contributed by atoms with E-state index in [-0.39, 0.29) is 5.57 Å². The maximum atomic E-state index is 10.2. The summed E-state index contributed by atoms with van der Waals surface area (Å²) >= 11 is 0. The lowest BCUT2D eigenvalue weighted by molar-refractivity contribution is 0.991. The van der Waals surface area contributed by atoms with Crippen LogP contribution in [0.25, 0.3) is 27.7 Å². The summed E-state index contributed by atoms with van der Waals surface area (Å²) in [5.74, 6) is 0.806. The van der Waals surface area contributed by atoms with Gasteiger partial charge in [-0.15, -0.1) is 0 Å². The van der Waals surface area contributed by atoms with Gasteiger partial charge in [-0.3, -0.25) is 4.90 Å². The number of aryl methyl sites for hydroxylation is 3. The Morgan fingerprint density at radius 1 is 0.578 bits per heavy atom. The fourth-order valence-electron chi connectivity index (χ4n) is 6.07. The van der Waals surface area contributed by atoms with Crippen molar-refractivity contribution in [2.45, 2.75) is 20.8 Å². The molecule has 5 nitrogen and oxygen atoms in total. The number of anilines is 1. The molecular weight excluding hydrogens is 550 g/mol. The van der Waals surface area contributed by atoms with Crippen LogP contribution in [0, 0.1) is 43.4 Å². The highest BCUT2D eigenvalue weighted by molar-refractivity contribution is 6.25. The molecule has 0 spiro atoms. The largest absolute Gasteiger partial charge is 0.305 e. The molecule has 0 saturated carbocycles. The third-order valence-electron chi connectivity index (χ3n) is 8.28. The topological polar surface area (TPSA) is 68.1 Å². The SMILES string of the molecule is Cc1ccc(N=C2c3ccccc3/C(=c3\c4ccccc4c(=C(C#N)C#N)n3-c3ccc(C)cc3)N2c2ccc(C)cc2)cc1. The number of amidine groups is 1. The number of benzene rings is 5. The Kier molecular flexibility index (Phi) is 6.85. The summed E-state index contributed by atoms with van der Waals surface area (Å²) in [5.41, 5.74) is 9.13. The summed E-state index contributed by atoms with van der Waals surface area (Å²) in [4.78, 5) is 7.49. The molecule has 214 valence electrons. The van der Waals surface area contributed by atoms with E-state index in [9.17, 15) is 10.5 Å². The van der Waals surface area contributed by atoms with Gasteiger partial charge in [0.15, 0.2) is 5.57 Å². The lowest BCUT2D eigenvalue weighted by atomic mass is 10.1. The Labute approximate surface area is 262 Å². The van der Waals surface area contributed by atoms with Gasteiger partial charge in [-0.25, -0.2) is 4.99 Å². The molecule has 7 rings (SSSR count). The third kappa shape index (κ3) is 4.68. The van der Waals surface area contributed by atoms with Crippen molar-refractivity contribution in [3.63, 3.8) is 0 Å². The van der Waals surface area contributed by atoms with Crippen molar-refractivity contribution in [1.82, 2.24) is 4.57 Å². The molecular formula is C40H29N5. The predicted molar refractivity (Wildman–Crippen MR) is 182 cm³/mol. The fraction of sp³-hybridized carbons (Fsp3) is 0.0750. The molecule has 1 aliphatic heterocycles. The van der Waals surface area contributed by atoms with Gasteiger partial charge in [-0.2, -0.15) is 10.5 Å². The van der Waals surface area contributed by atoms with Gasteiger partial charge in [0.05, 0.1) is 22.1 Å². The number of aromatic nitrogens is 1. The van der Waals surface area contributed by atoms with E-state index in [2.05, 4.69) is 109 Å². The van der Waals surface area contributed by atoms with Crippen molar-refractivity contribution >= 4 is 39.3 Å². The molecule has 45 heavy (non-hydrogen) atoms. The van der Waals surface area contributed by atoms with E-state index in [1.54, 1.807) is 0 Å². The van der Waals surface area contributed by atoms with E-state index >= 15 is 0 Å². The number of aliphatic imine (C=N–C) groups is 1. The van der Waals surface area contributed by atoms with Gasteiger partial charge in [0.25, 0.3) is 0 Å². The van der Waals surface area contributed by atoms with Crippen LogP contribution in [-0.4, -0.2) is 10.4 Å². The first-order valence-electron chi connectivity index (χ1n) is 14.9. The smallest absolute Gasteiger partial charge is 0.154 e. The van der Waals surface area contributed by atoms with Crippen molar-refractivity contribution in [3.8, 4) is 17.8 Å². The highest BCUT2D eigenvalue weighted by Crippen LogP contribution is 2.38. The van der Waals surface area contributed by atoms with Crippen LogP contribution in [0.5, 0.6) is 0 Å². The molecule has 0 fully saturated rings. The molecule has 1 aliphatic rings. The number of rotatable bonds is 3. The van der Waals surface area contributed by atoms with Crippen LogP contribution in [0.1, 0.15) is 27.8 Å². The Morgan fingerprint density at radius 2 is 1.09 bits per heavy atom. The molecule has 0 atom stereocenters. The van der Waals surface area contributed by atoms with Gasteiger partial charge in [0.2, 0.25) is 0 Å². The number of hydrogen-bond acceptors (Lipinski definition) is 3. The van der Waals surface area contributed by atoms with Crippen LogP contribution >= 0.6 is 0 Å². The summed E-state index contributed by atoms with van der Waals surface area (Å²) in [6.07, 6.45) is 0. The molecule has 5 heteroatoms. The lowest BCUT2D eigenvalue weighted by Crippen LogP contribution is -2.34. The minimum Gasteiger partial charge on any atom is -0.305 e. The van der Waals surface area contributed by atoms with Gasteiger partial charge in [0, 0.05) is 33.3 Å². The van der Waals surface area contributed by atoms with Crippen molar-refractivity contribution < 1.29 is 0 Å². The van der Waals surface area contributed by atoms with E-state index in [4.69, 9.17) is 4.99 Å². The van der Waals surface area contributed by atoms with Crippen LogP contribution in [0.15, 0.2) is 126 Å². The van der Waals surface area contributed by atoms with Crippen LogP contribution in [0.3, 0.4) is 0 Å². The number of fused-ring (bicyclic) bond motifs is 2. The second-order valence-corrected chi connectivity index (χ2v) is 11.3. The molecule has 0 saturated heterocycles. The van der Waals surface area contributed by atoms with Gasteiger partial charge in [-0.05, 0) is 57.2 Å². The Hall–Kier alpha value is -6.17. The molecule has 0 unspecified atom stereocenters. The minimum atomic E-state index is 0.0559. The first-order chi connectivity index (χ1) is 22.0. The van der Waals surface area contributed by atoms with Gasteiger partial charge >= 0.3 is 0 Å². The van der Waals surface area contributed by atoms with E-state index in [1.165, 1.54) is 5.56 Å². The van der Waals surface area contributed by atoms with Crippen LogP contribution in [-0.2, 0) is 0 Å². The molecule has 0 N–H and O–H groups in total. The quantitative estimate of drug-likeness (QED) is 0.218. The normalized spacial score (nSPS) is 14.3. The highest BCUT2D eigenvalue weighted by Gasteiger charge is 2.34. The number of nitriles is 2. The molecule has 2 heterocycles. The first-order valence-corrected chi connectivity index (χ1v) is 14.9. The molecule has 0 amide bonds. The van der Waals surface area contributed by atoms with Gasteiger partial charge < -0.3 is 4.57 Å². The first kappa shape index (κ1) is 27.7. The summed E-state index contributed by atoms with van der Waals surface area (Å²) in [7, 11) is 0. The Morgan fingerprint density at radius 3 is 1.69 bits per heavy atom. The maximum Gasteiger partial charge on any atom is 0.154 e. The minimum absolute atomic E-state index is 0.0559. The lowest BCUT2D eigenvalue weighted by Gasteiger charge is -2.23. The van der Waals surface area contributed by atoms with Crippen LogP contribution in [0.4, 0.5) is 11.4 Å². The zero-order valence-corrected chi connectivity index (χ0v) is 25.3. The Balaban J connectivity index is 1.74. The second-order valence-electron chi connectivity index (χ2n) is 11.3. The molecule has 1 aromatic heterocycles. The van der Waals surface area contributed by atoms with Crippen molar-refractivity contribution in [1.29, 1.82) is 10.5 Å². The zero-order chi connectivity index (χ0) is 31.1. The molecule has 5 aromatic carbocycles. The molecule has 0 radical (unpaired) electrons. The molecule has 6 aromatic rings. The average Bonchev–Trinajstić information content (AvgIpc) is 3.56. The summed E-state index contributed by atoms with van der Waals surface area (Å²) in [6, 6.07) is 45.6. The van der Waals surface area contributed by atoms with E-state index in [1.807, 2.05) is 54.6 Å². The maximum absolute atomic E-state index is 10.2. The monoisotopic (exact) mass is 579 g/mol. The molecule has 0 aliphatic carbocycles. The van der Waals surface area contributed by atoms with E-state index in [0.717, 1.165) is 67.0 Å². The molecule has 0 bridgehead atoms. The van der Waals surface area contributed by atoms with Crippen molar-refractivity contribution in [3.05, 3.63) is 160 Å². The predicted octanol–water partition coefficient (Wildman–Crippen LogP) is 7.51. The van der Waals surface area contributed by atoms with E-state index in [0.29, 0.717) is 5.35 Å². The van der Waals surface area contributed by atoms with Crippen molar-refractivity contribution in [2.24, 2.45) is 4.99 Å². The fourth-order valence-corrected chi connectivity index (χ4v) is 6.07. The van der Waals surface area contributed by atoms with Crippen LogP contribution < -0.4 is 15.6 Å². The van der Waals surface area contributed by atoms with Gasteiger partial charge in [-0.1, -0.05) is 102 Å². The van der Waals surface area contributed by atoms with E-state index < -0.39 is 0 Å². The van der Waals surface area contributed by atoms with Crippen LogP contribution in [0.2, 0.25) is 0 Å². The average molecular weight is 580 g/mol. The Bertz CT molecular complexity index is 2330. The zero-order valence-electron chi connectivity index (χ0n) is 25.3. The standard InChI is InChI=1S/C40H29N5/c1-26-12-18-30(19-13-26)43-40-36-11-7-6-10-35(36)39(45(40)32-22-16-28(3)17-23-32)38-34-9-5-4-8-33(34)37(29(24-41)25-42)44(38)31-20-14-27(2)15-21-31/h4-23H,1-3H3/b39-38-,43-40?. The summed E-state index contributed by atoms with van der Waals surface area (Å²) in [5, 5.41) is 23.7. The third-order valence-corrected chi connectivity index (χ3v) is 8.28. The second kappa shape index (κ2) is 11.2. The van der Waals surface area contributed by atoms with Gasteiger partial charge in [0.1, 0.15) is 18.0 Å². The number of nitrogens with zero attached hydrogens (tertiary/aromatic N) is 5. The highest BCUT2D eigenvalue weighted by atomic mass is 15.2. The number of hydrogen-bond donors (Lipinski definition) is 0. The summed E-state index contributed by atoms with van der Waals surface area (Å²) < 4.78 is 2.08.